The number of hydrogen-bond donors (Lipinski definition) is 1. The van der Waals surface area contributed by atoms with Gasteiger partial charge in [0.05, 0.1) is 17.9 Å². The van der Waals surface area contributed by atoms with Gasteiger partial charge in [-0.25, -0.2) is 9.18 Å². The largest absolute Gasteiger partial charge is 0.492 e. The van der Waals surface area contributed by atoms with E-state index < -0.39 is 0 Å². The lowest BCUT2D eigenvalue weighted by atomic mass is 9.77. The zero-order valence-electron chi connectivity index (χ0n) is 18.1. The van der Waals surface area contributed by atoms with Crippen LogP contribution in [0.2, 0.25) is 0 Å². The topological polar surface area (TPSA) is 50.8 Å². The summed E-state index contributed by atoms with van der Waals surface area (Å²) in [7, 11) is 0. The van der Waals surface area contributed by atoms with Crippen LogP contribution in [0, 0.1) is 11.7 Å². The van der Waals surface area contributed by atoms with Crippen LogP contribution < -0.4 is 10.1 Å². The van der Waals surface area contributed by atoms with E-state index in [2.05, 4.69) is 5.32 Å². The van der Waals surface area contributed by atoms with E-state index in [4.69, 9.17) is 9.47 Å². The van der Waals surface area contributed by atoms with Gasteiger partial charge >= 0.3 is 6.03 Å². The van der Waals surface area contributed by atoms with Crippen molar-refractivity contribution >= 4 is 11.7 Å². The molecule has 1 atom stereocenters. The van der Waals surface area contributed by atoms with E-state index in [-0.39, 0.29) is 17.4 Å². The Morgan fingerprint density at radius 2 is 1.94 bits per heavy atom. The van der Waals surface area contributed by atoms with Gasteiger partial charge in [0.15, 0.2) is 0 Å². The van der Waals surface area contributed by atoms with Crippen molar-refractivity contribution in [3.8, 4) is 5.75 Å². The number of nitrogens with one attached hydrogen (secondary N) is 1. The minimum absolute atomic E-state index is 0.0966. The van der Waals surface area contributed by atoms with Crippen LogP contribution in [0.15, 0.2) is 48.5 Å². The van der Waals surface area contributed by atoms with Crippen molar-refractivity contribution in [2.45, 2.75) is 44.6 Å². The number of urea groups is 1. The molecular weight excluding hydrogens is 395 g/mol. The van der Waals surface area contributed by atoms with E-state index in [1.165, 1.54) is 17.7 Å². The predicted molar refractivity (Wildman–Crippen MR) is 119 cm³/mol. The summed E-state index contributed by atoms with van der Waals surface area (Å²) in [6.07, 6.45) is 4.65. The molecule has 6 heteroatoms. The highest BCUT2D eigenvalue weighted by atomic mass is 19.1. The number of nitrogens with zero attached hydrogens (tertiary/aromatic N) is 1. The Hall–Kier alpha value is -2.60. The Balaban J connectivity index is 1.32. The number of anilines is 1. The zero-order valence-corrected chi connectivity index (χ0v) is 18.1. The summed E-state index contributed by atoms with van der Waals surface area (Å²) in [5.74, 6) is 1.02. The molecule has 166 valence electrons. The fourth-order valence-corrected chi connectivity index (χ4v) is 4.77. The Labute approximate surface area is 183 Å². The Morgan fingerprint density at radius 3 is 2.68 bits per heavy atom. The summed E-state index contributed by atoms with van der Waals surface area (Å²) in [5, 5.41) is 2.99. The van der Waals surface area contributed by atoms with Crippen LogP contribution in [-0.4, -0.2) is 42.8 Å². The second-order valence-electron chi connectivity index (χ2n) is 8.57. The van der Waals surface area contributed by atoms with E-state index in [0.717, 1.165) is 38.7 Å². The highest BCUT2D eigenvalue weighted by Gasteiger charge is 2.41. The minimum Gasteiger partial charge on any atom is -0.492 e. The average Bonchev–Trinajstić information content (AvgIpc) is 2.77. The first-order valence-electron chi connectivity index (χ1n) is 11.2. The molecule has 2 aromatic carbocycles. The Morgan fingerprint density at radius 1 is 1.19 bits per heavy atom. The van der Waals surface area contributed by atoms with Gasteiger partial charge in [0.2, 0.25) is 0 Å². The summed E-state index contributed by atoms with van der Waals surface area (Å²) < 4.78 is 25.0. The molecule has 2 aliphatic heterocycles. The SMILES string of the molecule is CCOc1ccccc1NC(=O)N1CCC2(CC1)CC(Cc1ccc(F)cc1)CCO2. The van der Waals surface area contributed by atoms with Gasteiger partial charge in [-0.15, -0.1) is 0 Å². The Kier molecular flexibility index (Phi) is 6.76. The number of likely N-dealkylation sites (tertiary alicyclic amines) is 1. The molecule has 0 bridgehead atoms. The molecule has 31 heavy (non-hydrogen) atoms. The molecular formula is C25H31FN2O3. The number of para-hydroxylation sites is 2. The van der Waals surface area contributed by atoms with E-state index in [1.807, 2.05) is 48.2 Å². The molecule has 2 heterocycles. The highest BCUT2D eigenvalue weighted by Crippen LogP contribution is 2.39. The number of benzene rings is 2. The molecule has 0 aliphatic carbocycles. The number of halogens is 1. The van der Waals surface area contributed by atoms with Crippen molar-refractivity contribution in [2.75, 3.05) is 31.6 Å². The third kappa shape index (κ3) is 5.37. The van der Waals surface area contributed by atoms with Gasteiger partial charge < -0.3 is 19.7 Å². The highest BCUT2D eigenvalue weighted by molar-refractivity contribution is 5.91. The fraction of sp³-hybridized carbons (Fsp3) is 0.480. The van der Waals surface area contributed by atoms with Crippen LogP contribution >= 0.6 is 0 Å². The van der Waals surface area contributed by atoms with Gasteiger partial charge in [0.25, 0.3) is 0 Å². The van der Waals surface area contributed by atoms with Crippen molar-refractivity contribution in [3.63, 3.8) is 0 Å². The van der Waals surface area contributed by atoms with Crippen LogP contribution in [0.1, 0.15) is 38.2 Å². The van der Waals surface area contributed by atoms with E-state index in [9.17, 15) is 9.18 Å². The molecule has 0 saturated carbocycles. The van der Waals surface area contributed by atoms with Crippen LogP contribution in [0.5, 0.6) is 5.75 Å². The third-order valence-corrected chi connectivity index (χ3v) is 6.42. The normalized spacial score (nSPS) is 20.5. The lowest BCUT2D eigenvalue weighted by Crippen LogP contribution is -2.51. The van der Waals surface area contributed by atoms with Crippen molar-refractivity contribution in [3.05, 3.63) is 59.9 Å². The molecule has 1 unspecified atom stereocenters. The summed E-state index contributed by atoms with van der Waals surface area (Å²) >= 11 is 0. The van der Waals surface area contributed by atoms with E-state index >= 15 is 0 Å². The molecule has 2 saturated heterocycles. The van der Waals surface area contributed by atoms with Gasteiger partial charge in [-0.1, -0.05) is 24.3 Å². The summed E-state index contributed by atoms with van der Waals surface area (Å²) in [6.45, 7) is 4.57. The molecule has 0 aromatic heterocycles. The Bertz CT molecular complexity index is 879. The number of carbonyl (C=O) groups excluding carboxylic acids is 1. The van der Waals surface area contributed by atoms with E-state index in [0.29, 0.717) is 37.1 Å². The standard InChI is InChI=1S/C25H31FN2O3/c1-2-30-23-6-4-3-5-22(23)27-24(29)28-14-12-25(13-15-28)18-20(11-16-31-25)17-19-7-9-21(26)10-8-19/h3-10,20H,2,11-18H2,1H3,(H,27,29). The maximum atomic E-state index is 13.2. The summed E-state index contributed by atoms with van der Waals surface area (Å²) in [4.78, 5) is 14.7. The molecule has 2 aliphatic rings. The number of carbonyl (C=O) groups is 1. The lowest BCUT2D eigenvalue weighted by molar-refractivity contribution is -0.122. The number of amides is 2. The molecule has 1 spiro atoms. The maximum absolute atomic E-state index is 13.2. The summed E-state index contributed by atoms with van der Waals surface area (Å²) in [6, 6.07) is 14.2. The molecule has 1 N–H and O–H groups in total. The number of rotatable bonds is 5. The first kappa shape index (κ1) is 21.6. The molecule has 2 amide bonds. The van der Waals surface area contributed by atoms with Crippen LogP contribution in [-0.2, 0) is 11.2 Å². The fourth-order valence-electron chi connectivity index (χ4n) is 4.77. The van der Waals surface area contributed by atoms with Gasteiger partial charge in [-0.2, -0.15) is 0 Å². The molecule has 0 radical (unpaired) electrons. The second-order valence-corrected chi connectivity index (χ2v) is 8.57. The van der Waals surface area contributed by atoms with Gasteiger partial charge in [0.1, 0.15) is 11.6 Å². The van der Waals surface area contributed by atoms with Gasteiger partial charge in [-0.3, -0.25) is 0 Å². The zero-order chi connectivity index (χ0) is 21.7. The molecule has 5 nitrogen and oxygen atoms in total. The van der Waals surface area contributed by atoms with Gasteiger partial charge in [-0.05, 0) is 74.8 Å². The number of hydrogen-bond acceptors (Lipinski definition) is 3. The molecule has 2 aromatic rings. The monoisotopic (exact) mass is 426 g/mol. The third-order valence-electron chi connectivity index (χ3n) is 6.42. The predicted octanol–water partition coefficient (Wildman–Crippen LogP) is 5.26. The van der Waals surface area contributed by atoms with E-state index in [1.54, 1.807) is 0 Å². The number of piperidine rings is 1. The van der Waals surface area contributed by atoms with Crippen molar-refractivity contribution < 1.29 is 18.7 Å². The molecule has 2 fully saturated rings. The van der Waals surface area contributed by atoms with Crippen LogP contribution in [0.3, 0.4) is 0 Å². The quantitative estimate of drug-likeness (QED) is 0.710. The van der Waals surface area contributed by atoms with Crippen LogP contribution in [0.4, 0.5) is 14.9 Å². The van der Waals surface area contributed by atoms with Crippen molar-refractivity contribution in [1.29, 1.82) is 0 Å². The minimum atomic E-state index is -0.193. The van der Waals surface area contributed by atoms with Crippen LogP contribution in [0.25, 0.3) is 0 Å². The molecule has 4 rings (SSSR count). The first-order valence-corrected chi connectivity index (χ1v) is 11.2. The maximum Gasteiger partial charge on any atom is 0.321 e. The van der Waals surface area contributed by atoms with Crippen molar-refractivity contribution in [1.82, 2.24) is 4.90 Å². The second kappa shape index (κ2) is 9.69. The first-order chi connectivity index (χ1) is 15.1. The summed E-state index contributed by atoms with van der Waals surface area (Å²) in [5.41, 5.74) is 1.72. The number of ether oxygens (including phenoxy) is 2. The van der Waals surface area contributed by atoms with Gasteiger partial charge in [0, 0.05) is 19.7 Å². The smallest absolute Gasteiger partial charge is 0.321 e. The lowest BCUT2D eigenvalue weighted by Gasteiger charge is -2.46. The average molecular weight is 427 g/mol. The van der Waals surface area contributed by atoms with Crippen molar-refractivity contribution in [2.24, 2.45) is 5.92 Å².